The van der Waals surface area contributed by atoms with Crippen molar-refractivity contribution in [2.75, 3.05) is 29.5 Å². The molecule has 4 N–H and O–H groups in total. The minimum absolute atomic E-state index is 0.0291. The van der Waals surface area contributed by atoms with Crippen LogP contribution in [0.5, 0.6) is 0 Å². The number of para-hydroxylation sites is 1. The molecule has 180 valence electrons. The first-order valence-electron chi connectivity index (χ1n) is 10.9. The van der Waals surface area contributed by atoms with E-state index in [1.165, 1.54) is 24.3 Å². The second kappa shape index (κ2) is 11.6. The molecule has 8 nitrogen and oxygen atoms in total. The summed E-state index contributed by atoms with van der Waals surface area (Å²) in [6.45, 7) is 2.51. The molecule has 3 rings (SSSR count). The molecule has 1 fully saturated rings. The predicted octanol–water partition coefficient (Wildman–Crippen LogP) is 2.86. The van der Waals surface area contributed by atoms with E-state index in [1.54, 1.807) is 36.1 Å². The number of thioether (sulfide) groups is 1. The average Bonchev–Trinajstić information content (AvgIpc) is 2.84. The maximum absolute atomic E-state index is 13.0. The summed E-state index contributed by atoms with van der Waals surface area (Å²) in [5.41, 5.74) is 6.58. The Labute approximate surface area is 201 Å². The van der Waals surface area contributed by atoms with Gasteiger partial charge in [0.25, 0.3) is 5.91 Å². The van der Waals surface area contributed by atoms with Crippen LogP contribution >= 0.6 is 11.8 Å². The molecule has 2 aromatic carbocycles. The zero-order valence-corrected chi connectivity index (χ0v) is 19.6. The van der Waals surface area contributed by atoms with Gasteiger partial charge in [0.15, 0.2) is 0 Å². The number of nitrogens with two attached hydrogens (primary N) is 1. The lowest BCUT2D eigenvalue weighted by atomic mass is 9.95. The van der Waals surface area contributed by atoms with E-state index in [-0.39, 0.29) is 35.3 Å². The summed E-state index contributed by atoms with van der Waals surface area (Å²) in [4.78, 5) is 50.9. The summed E-state index contributed by atoms with van der Waals surface area (Å²) in [5.74, 6) is -1.82. The van der Waals surface area contributed by atoms with E-state index in [0.717, 1.165) is 11.8 Å². The molecule has 1 unspecified atom stereocenters. The lowest BCUT2D eigenvalue weighted by molar-refractivity contribution is -0.123. The smallest absolute Gasteiger partial charge is 0.255 e. The maximum Gasteiger partial charge on any atom is 0.255 e. The Balaban J connectivity index is 1.54. The summed E-state index contributed by atoms with van der Waals surface area (Å²) in [6, 6.07) is 12.1. The van der Waals surface area contributed by atoms with Crippen LogP contribution in [0, 0.1) is 11.7 Å². The number of halogens is 1. The van der Waals surface area contributed by atoms with Gasteiger partial charge < -0.3 is 21.3 Å². The van der Waals surface area contributed by atoms with Gasteiger partial charge in [0, 0.05) is 24.7 Å². The zero-order valence-electron chi connectivity index (χ0n) is 18.8. The average molecular weight is 487 g/mol. The number of hydrogen-bond acceptors (Lipinski definition) is 5. The Morgan fingerprint density at radius 2 is 1.71 bits per heavy atom. The lowest BCUT2D eigenvalue weighted by Gasteiger charge is -2.31. The number of primary amides is 1. The van der Waals surface area contributed by atoms with Gasteiger partial charge in [-0.15, -0.1) is 11.8 Å². The fourth-order valence-electron chi connectivity index (χ4n) is 3.56. The summed E-state index contributed by atoms with van der Waals surface area (Å²) in [6.07, 6.45) is 1.03. The molecule has 0 aliphatic carbocycles. The van der Waals surface area contributed by atoms with Crippen LogP contribution in [0.15, 0.2) is 48.5 Å². The molecular weight excluding hydrogens is 459 g/mol. The normalized spacial score (nSPS) is 14.8. The first-order valence-corrected chi connectivity index (χ1v) is 11.9. The van der Waals surface area contributed by atoms with E-state index in [2.05, 4.69) is 10.6 Å². The molecule has 2 aromatic rings. The predicted molar refractivity (Wildman–Crippen MR) is 130 cm³/mol. The molecule has 10 heteroatoms. The van der Waals surface area contributed by atoms with Crippen molar-refractivity contribution in [1.82, 2.24) is 4.90 Å². The molecule has 34 heavy (non-hydrogen) atoms. The molecular formula is C24H27FN4O4S. The summed E-state index contributed by atoms with van der Waals surface area (Å²) >= 11 is 1.14. The van der Waals surface area contributed by atoms with Crippen LogP contribution in [-0.4, -0.2) is 52.6 Å². The number of piperidine rings is 1. The molecule has 1 heterocycles. The van der Waals surface area contributed by atoms with Gasteiger partial charge in [0.05, 0.1) is 22.3 Å². The second-order valence-corrected chi connectivity index (χ2v) is 9.34. The first-order chi connectivity index (χ1) is 16.2. The van der Waals surface area contributed by atoms with E-state index in [1.807, 2.05) is 0 Å². The highest BCUT2D eigenvalue weighted by Gasteiger charge is 2.28. The highest BCUT2D eigenvalue weighted by molar-refractivity contribution is 8.01. The topological polar surface area (TPSA) is 122 Å². The molecule has 0 radical (unpaired) electrons. The molecule has 1 aliphatic heterocycles. The van der Waals surface area contributed by atoms with Gasteiger partial charge in [-0.05, 0) is 56.2 Å². The van der Waals surface area contributed by atoms with Gasteiger partial charge in [0.2, 0.25) is 17.7 Å². The number of nitrogens with zero attached hydrogens (tertiary/aromatic N) is 1. The van der Waals surface area contributed by atoms with Gasteiger partial charge in [-0.25, -0.2) is 4.39 Å². The van der Waals surface area contributed by atoms with Crippen molar-refractivity contribution in [3.05, 3.63) is 59.9 Å². The molecule has 1 saturated heterocycles. The van der Waals surface area contributed by atoms with E-state index in [9.17, 15) is 23.6 Å². The van der Waals surface area contributed by atoms with Gasteiger partial charge >= 0.3 is 0 Å². The van der Waals surface area contributed by atoms with Gasteiger partial charge in [0.1, 0.15) is 5.82 Å². The largest absolute Gasteiger partial charge is 0.369 e. The van der Waals surface area contributed by atoms with Crippen molar-refractivity contribution < 1.29 is 23.6 Å². The summed E-state index contributed by atoms with van der Waals surface area (Å²) < 4.78 is 13.0. The standard InChI is InChI=1S/C24H27FN4O4S/c1-15(34-14-21(30)27-18-8-6-17(25)7-9-18)23(32)28-20-5-3-2-4-19(20)24(33)29-12-10-16(11-13-29)22(26)31/h2-9,15-16H,10-14H2,1H3,(H2,26,31)(H,27,30)(H,28,32). The summed E-state index contributed by atoms with van der Waals surface area (Å²) in [5, 5.41) is 4.87. The van der Waals surface area contributed by atoms with Crippen molar-refractivity contribution in [1.29, 1.82) is 0 Å². The van der Waals surface area contributed by atoms with E-state index >= 15 is 0 Å². The number of carbonyl (C=O) groups excluding carboxylic acids is 4. The van der Waals surface area contributed by atoms with Crippen LogP contribution in [0.2, 0.25) is 0 Å². The van der Waals surface area contributed by atoms with Crippen molar-refractivity contribution in [3.63, 3.8) is 0 Å². The van der Waals surface area contributed by atoms with Crippen molar-refractivity contribution >= 4 is 46.8 Å². The van der Waals surface area contributed by atoms with E-state index in [4.69, 9.17) is 5.73 Å². The number of nitrogens with one attached hydrogen (secondary N) is 2. The van der Waals surface area contributed by atoms with E-state index in [0.29, 0.717) is 42.9 Å². The molecule has 0 saturated carbocycles. The number of benzene rings is 2. The fraction of sp³-hybridized carbons (Fsp3) is 0.333. The number of likely N-dealkylation sites (tertiary alicyclic amines) is 1. The zero-order chi connectivity index (χ0) is 24.7. The van der Waals surface area contributed by atoms with Crippen LogP contribution < -0.4 is 16.4 Å². The van der Waals surface area contributed by atoms with Crippen LogP contribution in [0.3, 0.4) is 0 Å². The maximum atomic E-state index is 13.0. The fourth-order valence-corrected chi connectivity index (χ4v) is 4.24. The first kappa shape index (κ1) is 25.2. The molecule has 4 amide bonds. The monoisotopic (exact) mass is 486 g/mol. The molecule has 1 atom stereocenters. The van der Waals surface area contributed by atoms with Gasteiger partial charge in [-0.2, -0.15) is 0 Å². The van der Waals surface area contributed by atoms with Gasteiger partial charge in [-0.3, -0.25) is 19.2 Å². The molecule has 1 aliphatic rings. The third kappa shape index (κ3) is 6.80. The third-order valence-corrected chi connectivity index (χ3v) is 6.70. The highest BCUT2D eigenvalue weighted by atomic mass is 32.2. The van der Waals surface area contributed by atoms with Crippen LogP contribution in [-0.2, 0) is 14.4 Å². The Kier molecular flexibility index (Phi) is 8.64. The third-order valence-electron chi connectivity index (χ3n) is 5.56. The summed E-state index contributed by atoms with van der Waals surface area (Å²) in [7, 11) is 0. The minimum atomic E-state index is -0.562. The number of anilines is 2. The molecule has 0 bridgehead atoms. The molecule has 0 aromatic heterocycles. The Hall–Kier alpha value is -3.40. The lowest BCUT2D eigenvalue weighted by Crippen LogP contribution is -2.42. The van der Waals surface area contributed by atoms with Crippen LogP contribution in [0.4, 0.5) is 15.8 Å². The van der Waals surface area contributed by atoms with Crippen molar-refractivity contribution in [3.8, 4) is 0 Å². The number of carbonyl (C=O) groups is 4. The molecule has 0 spiro atoms. The van der Waals surface area contributed by atoms with Crippen molar-refractivity contribution in [2.24, 2.45) is 11.7 Å². The quantitative estimate of drug-likeness (QED) is 0.530. The SMILES string of the molecule is CC(SCC(=O)Nc1ccc(F)cc1)C(=O)Nc1ccccc1C(=O)N1CCC(C(N)=O)CC1. The van der Waals surface area contributed by atoms with Crippen LogP contribution in [0.1, 0.15) is 30.1 Å². The van der Waals surface area contributed by atoms with Gasteiger partial charge in [-0.1, -0.05) is 12.1 Å². The van der Waals surface area contributed by atoms with Crippen LogP contribution in [0.25, 0.3) is 0 Å². The van der Waals surface area contributed by atoms with E-state index < -0.39 is 11.1 Å². The van der Waals surface area contributed by atoms with Crippen molar-refractivity contribution in [2.45, 2.75) is 25.0 Å². The second-order valence-electron chi connectivity index (χ2n) is 8.01. The highest BCUT2D eigenvalue weighted by Crippen LogP contribution is 2.23. The Bertz CT molecular complexity index is 1060. The number of hydrogen-bond donors (Lipinski definition) is 3. The Morgan fingerprint density at radius 3 is 2.35 bits per heavy atom. The number of rotatable bonds is 8. The Morgan fingerprint density at radius 1 is 1.06 bits per heavy atom. The minimum Gasteiger partial charge on any atom is -0.369 e. The number of amides is 4.